The maximum Gasteiger partial charge on any atom is 0.287 e. The number of benzene rings is 1. The lowest BCUT2D eigenvalue weighted by Gasteiger charge is -2.24. The first-order chi connectivity index (χ1) is 9.99. The summed E-state index contributed by atoms with van der Waals surface area (Å²) >= 11 is 0. The van der Waals surface area contributed by atoms with E-state index in [1.165, 1.54) is 18.0 Å². The zero-order valence-corrected chi connectivity index (χ0v) is 12.6. The third-order valence-corrected chi connectivity index (χ3v) is 4.62. The summed E-state index contributed by atoms with van der Waals surface area (Å²) < 4.78 is 27.6. The van der Waals surface area contributed by atoms with Crippen LogP contribution in [0.1, 0.15) is 25.3 Å². The van der Waals surface area contributed by atoms with Crippen LogP contribution in [-0.2, 0) is 10.0 Å². The highest BCUT2D eigenvalue weighted by atomic mass is 32.2. The molecule has 1 aliphatic rings. The normalized spacial score (nSPS) is 16.0. The van der Waals surface area contributed by atoms with Gasteiger partial charge in [0.1, 0.15) is 11.2 Å². The van der Waals surface area contributed by atoms with Gasteiger partial charge in [-0.15, -0.1) is 4.40 Å². The van der Waals surface area contributed by atoms with E-state index in [0.29, 0.717) is 11.7 Å². The molecule has 1 aromatic carbocycles. The predicted molar refractivity (Wildman–Crippen MR) is 82.6 cm³/mol. The highest BCUT2D eigenvalue weighted by molar-refractivity contribution is 7.90. The van der Waals surface area contributed by atoms with E-state index in [0.717, 1.165) is 5.69 Å². The molecule has 0 unspecified atom stereocenters. The highest BCUT2D eigenvalue weighted by Gasteiger charge is 2.27. The lowest BCUT2D eigenvalue weighted by atomic mass is 10.0. The molecule has 0 fully saturated rings. The SMILES string of the molecule is CC(C)c1cccc(N2C=NS(=O)(=O)c3cccnc32)c1. The Morgan fingerprint density at radius 1 is 1.14 bits per heavy atom. The Bertz CT molecular complexity index is 813. The van der Waals surface area contributed by atoms with Crippen LogP contribution >= 0.6 is 0 Å². The average molecular weight is 301 g/mol. The van der Waals surface area contributed by atoms with Crippen molar-refractivity contribution in [1.82, 2.24) is 4.98 Å². The van der Waals surface area contributed by atoms with E-state index >= 15 is 0 Å². The van der Waals surface area contributed by atoms with Crippen LogP contribution in [0.25, 0.3) is 0 Å². The third-order valence-electron chi connectivity index (χ3n) is 3.37. The number of aromatic nitrogens is 1. The molecule has 0 N–H and O–H groups in total. The van der Waals surface area contributed by atoms with Gasteiger partial charge in [-0.1, -0.05) is 26.0 Å². The van der Waals surface area contributed by atoms with Crippen LogP contribution in [0.4, 0.5) is 11.5 Å². The van der Waals surface area contributed by atoms with Crippen LogP contribution in [0.3, 0.4) is 0 Å². The number of sulfonamides is 1. The van der Waals surface area contributed by atoms with Gasteiger partial charge in [0.25, 0.3) is 10.0 Å². The molecule has 2 aromatic rings. The number of rotatable bonds is 2. The fourth-order valence-corrected chi connectivity index (χ4v) is 3.17. The van der Waals surface area contributed by atoms with Crippen LogP contribution in [-0.4, -0.2) is 19.7 Å². The summed E-state index contributed by atoms with van der Waals surface area (Å²) in [4.78, 5) is 6.03. The third kappa shape index (κ3) is 2.42. The summed E-state index contributed by atoms with van der Waals surface area (Å²) in [6.07, 6.45) is 2.89. The standard InChI is InChI=1S/C15H15N3O2S/c1-11(2)12-5-3-6-13(9-12)18-10-17-21(19,20)14-7-4-8-16-15(14)18/h3-11H,1-2H3. The Morgan fingerprint density at radius 3 is 2.71 bits per heavy atom. The van der Waals surface area contributed by atoms with Gasteiger partial charge in [-0.05, 0) is 35.7 Å². The first-order valence-corrected chi connectivity index (χ1v) is 8.08. The summed E-state index contributed by atoms with van der Waals surface area (Å²) in [5.74, 6) is 0.770. The van der Waals surface area contributed by atoms with E-state index in [4.69, 9.17) is 0 Å². The predicted octanol–water partition coefficient (Wildman–Crippen LogP) is 3.07. The molecule has 0 aliphatic carbocycles. The first kappa shape index (κ1) is 13.8. The van der Waals surface area contributed by atoms with Crippen molar-refractivity contribution in [2.45, 2.75) is 24.7 Å². The molecule has 0 spiro atoms. The second kappa shape index (κ2) is 4.96. The van der Waals surface area contributed by atoms with Gasteiger partial charge in [0, 0.05) is 11.9 Å². The maximum atomic E-state index is 12.0. The summed E-state index contributed by atoms with van der Waals surface area (Å²) in [5.41, 5.74) is 2.02. The molecule has 6 heteroatoms. The van der Waals surface area contributed by atoms with Crippen molar-refractivity contribution in [3.05, 3.63) is 48.2 Å². The number of hydrogen-bond acceptors (Lipinski definition) is 4. The minimum absolute atomic E-state index is 0.127. The first-order valence-electron chi connectivity index (χ1n) is 6.64. The maximum absolute atomic E-state index is 12.0. The molecule has 0 bridgehead atoms. The largest absolute Gasteiger partial charge is 0.287 e. The van der Waals surface area contributed by atoms with E-state index in [9.17, 15) is 8.42 Å². The summed E-state index contributed by atoms with van der Waals surface area (Å²) in [7, 11) is -3.64. The summed E-state index contributed by atoms with van der Waals surface area (Å²) in [5, 5.41) is 0. The molecule has 3 rings (SSSR count). The van der Waals surface area contributed by atoms with Crippen LogP contribution in [0, 0.1) is 0 Å². The topological polar surface area (TPSA) is 62.6 Å². The number of nitrogens with zero attached hydrogens (tertiary/aromatic N) is 3. The van der Waals surface area contributed by atoms with Gasteiger partial charge < -0.3 is 0 Å². The van der Waals surface area contributed by atoms with Crippen molar-refractivity contribution in [2.75, 3.05) is 4.90 Å². The van der Waals surface area contributed by atoms with Crippen LogP contribution in [0.15, 0.2) is 51.9 Å². The van der Waals surface area contributed by atoms with Crippen molar-refractivity contribution >= 4 is 27.9 Å². The molecule has 108 valence electrons. The van der Waals surface area contributed by atoms with Gasteiger partial charge in [0.15, 0.2) is 5.82 Å². The molecule has 21 heavy (non-hydrogen) atoms. The Kier molecular flexibility index (Phi) is 3.25. The van der Waals surface area contributed by atoms with Crippen LogP contribution in [0.2, 0.25) is 0 Å². The monoisotopic (exact) mass is 301 g/mol. The molecule has 0 amide bonds. The van der Waals surface area contributed by atoms with Crippen molar-refractivity contribution < 1.29 is 8.42 Å². The average Bonchev–Trinajstić information content (AvgIpc) is 2.47. The Hall–Kier alpha value is -2.21. The zero-order chi connectivity index (χ0) is 15.0. The number of fused-ring (bicyclic) bond motifs is 1. The summed E-state index contributed by atoms with van der Waals surface area (Å²) in [6.45, 7) is 4.22. The van der Waals surface area contributed by atoms with Crippen molar-refractivity contribution in [2.24, 2.45) is 4.40 Å². The van der Waals surface area contributed by atoms with Crippen molar-refractivity contribution in [1.29, 1.82) is 0 Å². The Balaban J connectivity index is 2.15. The fourth-order valence-electron chi connectivity index (χ4n) is 2.21. The molecular weight excluding hydrogens is 286 g/mol. The lowest BCUT2D eigenvalue weighted by Crippen LogP contribution is -2.23. The molecule has 0 radical (unpaired) electrons. The molecule has 0 atom stereocenters. The minimum atomic E-state index is -3.64. The molecule has 5 nitrogen and oxygen atoms in total. The molecule has 0 saturated heterocycles. The van der Waals surface area contributed by atoms with Crippen LogP contribution in [0.5, 0.6) is 0 Å². The van der Waals surface area contributed by atoms with Crippen molar-refractivity contribution in [3.63, 3.8) is 0 Å². The van der Waals surface area contributed by atoms with Gasteiger partial charge in [-0.2, -0.15) is 8.42 Å². The lowest BCUT2D eigenvalue weighted by molar-refractivity contribution is 0.597. The Morgan fingerprint density at radius 2 is 1.95 bits per heavy atom. The fraction of sp³-hybridized carbons (Fsp3) is 0.200. The van der Waals surface area contributed by atoms with Gasteiger partial charge in [0.2, 0.25) is 0 Å². The molecule has 0 saturated carbocycles. The van der Waals surface area contributed by atoms with E-state index in [2.05, 4.69) is 23.2 Å². The van der Waals surface area contributed by atoms with Gasteiger partial charge >= 0.3 is 0 Å². The van der Waals surface area contributed by atoms with E-state index in [1.807, 2.05) is 24.3 Å². The Labute approximate surface area is 124 Å². The summed E-state index contributed by atoms with van der Waals surface area (Å²) in [6, 6.07) is 11.0. The van der Waals surface area contributed by atoms with E-state index < -0.39 is 10.0 Å². The molecular formula is C15H15N3O2S. The zero-order valence-electron chi connectivity index (χ0n) is 11.8. The number of pyridine rings is 1. The van der Waals surface area contributed by atoms with Crippen LogP contribution < -0.4 is 4.90 Å². The second-order valence-corrected chi connectivity index (χ2v) is 6.74. The van der Waals surface area contributed by atoms with Crippen molar-refractivity contribution in [3.8, 4) is 0 Å². The van der Waals surface area contributed by atoms with Gasteiger partial charge in [-0.25, -0.2) is 4.98 Å². The second-order valence-electron chi connectivity index (χ2n) is 5.14. The highest BCUT2D eigenvalue weighted by Crippen LogP contribution is 2.33. The van der Waals surface area contributed by atoms with Gasteiger partial charge in [0.05, 0.1) is 0 Å². The van der Waals surface area contributed by atoms with E-state index in [-0.39, 0.29) is 4.90 Å². The minimum Gasteiger partial charge on any atom is -0.283 e. The molecule has 2 heterocycles. The smallest absolute Gasteiger partial charge is 0.283 e. The number of anilines is 2. The number of hydrogen-bond donors (Lipinski definition) is 0. The van der Waals surface area contributed by atoms with Gasteiger partial charge in [-0.3, -0.25) is 4.90 Å². The quantitative estimate of drug-likeness (QED) is 0.855. The molecule has 1 aliphatic heterocycles. The molecule has 1 aromatic heterocycles. The van der Waals surface area contributed by atoms with E-state index in [1.54, 1.807) is 17.2 Å².